The summed E-state index contributed by atoms with van der Waals surface area (Å²) in [6.07, 6.45) is 1.22. The summed E-state index contributed by atoms with van der Waals surface area (Å²) in [5.41, 5.74) is 0.548. The second kappa shape index (κ2) is 8.83. The molecule has 0 radical (unpaired) electrons. The molecule has 148 valence electrons. The highest BCUT2D eigenvalue weighted by molar-refractivity contribution is 6.06. The topological polar surface area (TPSA) is 97.8 Å². The maximum absolute atomic E-state index is 13.1. The zero-order valence-electron chi connectivity index (χ0n) is 15.4. The van der Waals surface area contributed by atoms with Crippen molar-refractivity contribution in [1.82, 2.24) is 4.98 Å². The lowest BCUT2D eigenvalue weighted by atomic mass is 10.1. The van der Waals surface area contributed by atoms with E-state index in [9.17, 15) is 14.0 Å². The van der Waals surface area contributed by atoms with E-state index in [0.717, 1.165) is 0 Å². The quantitative estimate of drug-likeness (QED) is 0.618. The van der Waals surface area contributed by atoms with Crippen LogP contribution in [-0.2, 0) is 6.67 Å². The van der Waals surface area contributed by atoms with Gasteiger partial charge in [0.25, 0.3) is 5.91 Å². The van der Waals surface area contributed by atoms with Gasteiger partial charge in [-0.15, -0.1) is 0 Å². The van der Waals surface area contributed by atoms with Gasteiger partial charge in [-0.1, -0.05) is 18.2 Å². The van der Waals surface area contributed by atoms with Crippen molar-refractivity contribution in [3.8, 4) is 17.2 Å². The zero-order chi connectivity index (χ0) is 20.8. The molecule has 29 heavy (non-hydrogen) atoms. The van der Waals surface area contributed by atoms with E-state index < -0.39 is 18.6 Å². The first-order chi connectivity index (χ1) is 14.0. The van der Waals surface area contributed by atoms with Gasteiger partial charge in [-0.25, -0.2) is 14.2 Å². The third-order valence-corrected chi connectivity index (χ3v) is 3.97. The summed E-state index contributed by atoms with van der Waals surface area (Å²) in [7, 11) is 1.50. The number of hydrogen-bond donors (Lipinski definition) is 2. The van der Waals surface area contributed by atoms with Gasteiger partial charge in [0.2, 0.25) is 0 Å². The molecule has 0 fully saturated rings. The lowest BCUT2D eigenvalue weighted by molar-refractivity contribution is 0.0690. The van der Waals surface area contributed by atoms with Gasteiger partial charge in [0.1, 0.15) is 18.1 Å². The molecule has 0 saturated carbocycles. The van der Waals surface area contributed by atoms with E-state index >= 15 is 0 Å². The minimum Gasteiger partial charge on any atom is -0.493 e. The van der Waals surface area contributed by atoms with Crippen LogP contribution in [0, 0.1) is 0 Å². The Morgan fingerprint density at radius 2 is 1.83 bits per heavy atom. The molecule has 7 nitrogen and oxygen atoms in total. The van der Waals surface area contributed by atoms with Crippen molar-refractivity contribution in [1.29, 1.82) is 0 Å². The van der Waals surface area contributed by atoms with Crippen molar-refractivity contribution in [2.45, 2.75) is 6.67 Å². The Kier molecular flexibility index (Phi) is 6.03. The summed E-state index contributed by atoms with van der Waals surface area (Å²) in [4.78, 5) is 27.4. The zero-order valence-corrected chi connectivity index (χ0v) is 15.4. The fourth-order valence-electron chi connectivity index (χ4n) is 2.54. The van der Waals surface area contributed by atoms with Crippen LogP contribution >= 0.6 is 0 Å². The average molecular weight is 396 g/mol. The Balaban J connectivity index is 1.90. The summed E-state index contributed by atoms with van der Waals surface area (Å²) in [6, 6.07) is 14.0. The minimum absolute atomic E-state index is 0.105. The first-order valence-electron chi connectivity index (χ1n) is 8.52. The van der Waals surface area contributed by atoms with Crippen LogP contribution in [-0.4, -0.2) is 29.1 Å². The number of carboxylic acids is 1. The van der Waals surface area contributed by atoms with Crippen LogP contribution in [0.2, 0.25) is 0 Å². The predicted octanol–water partition coefficient (Wildman–Crippen LogP) is 4.30. The molecule has 0 unspecified atom stereocenters. The molecule has 2 N–H and O–H groups in total. The van der Waals surface area contributed by atoms with Gasteiger partial charge in [0.05, 0.1) is 24.6 Å². The molecule has 0 aliphatic rings. The number of ether oxygens (including phenoxy) is 2. The number of anilines is 1. The molecule has 2 aromatic carbocycles. The largest absolute Gasteiger partial charge is 0.493 e. The highest BCUT2D eigenvalue weighted by Crippen LogP contribution is 2.33. The number of rotatable bonds is 7. The Morgan fingerprint density at radius 1 is 1.07 bits per heavy atom. The number of carboxylic acid groups (broad SMARTS) is 1. The number of alkyl halides is 1. The molecule has 3 aromatic rings. The molecule has 3 rings (SSSR count). The van der Waals surface area contributed by atoms with Crippen molar-refractivity contribution >= 4 is 17.6 Å². The number of aromatic nitrogens is 1. The van der Waals surface area contributed by atoms with E-state index in [1.54, 1.807) is 24.3 Å². The van der Waals surface area contributed by atoms with E-state index in [1.807, 2.05) is 0 Å². The second-order valence-corrected chi connectivity index (χ2v) is 5.91. The number of amides is 1. The van der Waals surface area contributed by atoms with Crippen LogP contribution in [0.1, 0.15) is 26.4 Å². The number of pyridine rings is 1. The molecule has 1 aromatic heterocycles. The summed E-state index contributed by atoms with van der Waals surface area (Å²) in [5.74, 6) is -0.660. The van der Waals surface area contributed by atoms with E-state index in [1.165, 1.54) is 43.6 Å². The first-order valence-corrected chi connectivity index (χ1v) is 8.52. The fourth-order valence-corrected chi connectivity index (χ4v) is 2.54. The van der Waals surface area contributed by atoms with Gasteiger partial charge in [-0.2, -0.15) is 0 Å². The monoisotopic (exact) mass is 396 g/mol. The second-order valence-electron chi connectivity index (χ2n) is 5.91. The maximum Gasteiger partial charge on any atom is 0.354 e. The molecule has 1 amide bonds. The number of para-hydroxylation sites is 2. The molecule has 0 atom stereocenters. The predicted molar refractivity (Wildman–Crippen MR) is 103 cm³/mol. The minimum atomic E-state index is -1.17. The fraction of sp³-hybridized carbons (Fsp3) is 0.0952. The first kappa shape index (κ1) is 19.8. The van der Waals surface area contributed by atoms with Gasteiger partial charge < -0.3 is 19.9 Å². The Morgan fingerprint density at radius 3 is 2.45 bits per heavy atom. The third-order valence-electron chi connectivity index (χ3n) is 3.97. The highest BCUT2D eigenvalue weighted by Gasteiger charge is 2.17. The van der Waals surface area contributed by atoms with E-state index in [-0.39, 0.29) is 22.7 Å². The van der Waals surface area contributed by atoms with Crippen LogP contribution in [0.3, 0.4) is 0 Å². The smallest absolute Gasteiger partial charge is 0.354 e. The van der Waals surface area contributed by atoms with Crippen molar-refractivity contribution in [2.24, 2.45) is 0 Å². The van der Waals surface area contributed by atoms with Crippen LogP contribution in [0.4, 0.5) is 10.1 Å². The van der Waals surface area contributed by atoms with E-state index in [0.29, 0.717) is 17.1 Å². The van der Waals surface area contributed by atoms with E-state index in [4.69, 9.17) is 14.6 Å². The molecule has 0 spiro atoms. The number of benzene rings is 2. The van der Waals surface area contributed by atoms with Gasteiger partial charge in [0.15, 0.2) is 11.5 Å². The van der Waals surface area contributed by atoms with Gasteiger partial charge in [0, 0.05) is 0 Å². The standard InChI is InChI=1S/C21H17FN2O5/c1-28-18-4-2-3-5-19(18)29-17-9-6-13(11-22)10-15(17)20(25)24-14-7-8-16(21(26)27)23-12-14/h2-10,12H,11H2,1H3,(H,24,25)(H,26,27). The van der Waals surface area contributed by atoms with Crippen LogP contribution < -0.4 is 14.8 Å². The number of methoxy groups -OCH3 is 1. The number of hydrogen-bond acceptors (Lipinski definition) is 5. The molecule has 0 saturated heterocycles. The van der Waals surface area contributed by atoms with Crippen molar-refractivity contribution in [2.75, 3.05) is 12.4 Å². The molecule has 1 heterocycles. The molecular weight excluding hydrogens is 379 g/mol. The van der Waals surface area contributed by atoms with Gasteiger partial charge in [-0.3, -0.25) is 4.79 Å². The average Bonchev–Trinajstić information content (AvgIpc) is 2.74. The lowest BCUT2D eigenvalue weighted by Gasteiger charge is -2.14. The maximum atomic E-state index is 13.1. The molecule has 0 aliphatic heterocycles. The van der Waals surface area contributed by atoms with Crippen LogP contribution in [0.15, 0.2) is 60.8 Å². The molecule has 0 aliphatic carbocycles. The molecule has 0 bridgehead atoms. The number of nitrogens with one attached hydrogen (secondary N) is 1. The Labute approximate surface area is 165 Å². The summed E-state index contributed by atoms with van der Waals surface area (Å²) in [6.45, 7) is -0.746. The Hall–Kier alpha value is -3.94. The van der Waals surface area contributed by atoms with Crippen molar-refractivity contribution in [3.63, 3.8) is 0 Å². The molecule has 8 heteroatoms. The lowest BCUT2D eigenvalue weighted by Crippen LogP contribution is -2.14. The summed E-state index contributed by atoms with van der Waals surface area (Å²) < 4.78 is 24.2. The highest BCUT2D eigenvalue weighted by atomic mass is 19.1. The number of nitrogens with zero attached hydrogens (tertiary/aromatic N) is 1. The number of carbonyl (C=O) groups is 2. The van der Waals surface area contributed by atoms with Crippen LogP contribution in [0.25, 0.3) is 0 Å². The number of carbonyl (C=O) groups excluding carboxylic acids is 1. The Bertz CT molecular complexity index is 1040. The number of aromatic carboxylic acids is 1. The normalized spacial score (nSPS) is 10.3. The van der Waals surface area contributed by atoms with E-state index in [2.05, 4.69) is 10.3 Å². The summed E-state index contributed by atoms with van der Waals surface area (Å²) in [5, 5.41) is 11.5. The van der Waals surface area contributed by atoms with Gasteiger partial charge in [-0.05, 0) is 42.0 Å². The third kappa shape index (κ3) is 4.67. The number of halogens is 1. The van der Waals surface area contributed by atoms with Crippen molar-refractivity contribution < 1.29 is 28.6 Å². The molecular formula is C21H17FN2O5. The van der Waals surface area contributed by atoms with Gasteiger partial charge >= 0.3 is 5.97 Å². The van der Waals surface area contributed by atoms with Crippen LogP contribution in [0.5, 0.6) is 17.2 Å². The SMILES string of the molecule is COc1ccccc1Oc1ccc(CF)cc1C(=O)Nc1ccc(C(=O)O)nc1. The summed E-state index contributed by atoms with van der Waals surface area (Å²) >= 11 is 0. The van der Waals surface area contributed by atoms with Crippen molar-refractivity contribution in [3.05, 3.63) is 77.6 Å².